The van der Waals surface area contributed by atoms with Gasteiger partial charge < -0.3 is 10.4 Å². The highest BCUT2D eigenvalue weighted by Crippen LogP contribution is 2.25. The van der Waals surface area contributed by atoms with Gasteiger partial charge >= 0.3 is 5.97 Å². The van der Waals surface area contributed by atoms with Gasteiger partial charge in [0.15, 0.2) is 0 Å². The number of amides is 1. The summed E-state index contributed by atoms with van der Waals surface area (Å²) in [4.78, 5) is 22.9. The maximum Gasteiger partial charge on any atom is 0.328 e. The Hall–Kier alpha value is -2.10. The van der Waals surface area contributed by atoms with E-state index in [0.29, 0.717) is 11.5 Å². The van der Waals surface area contributed by atoms with Gasteiger partial charge in [-0.25, -0.2) is 4.79 Å². The van der Waals surface area contributed by atoms with Gasteiger partial charge in [0.1, 0.15) is 0 Å². The summed E-state index contributed by atoms with van der Waals surface area (Å²) in [7, 11) is 0. The van der Waals surface area contributed by atoms with Crippen LogP contribution in [0, 0.1) is 12.8 Å². The highest BCUT2D eigenvalue weighted by atomic mass is 16.4. The van der Waals surface area contributed by atoms with E-state index in [1.165, 1.54) is 6.08 Å². The second-order valence-corrected chi connectivity index (χ2v) is 5.73. The first-order chi connectivity index (χ1) is 9.97. The zero-order valence-corrected chi connectivity index (χ0v) is 12.4. The van der Waals surface area contributed by atoms with E-state index in [9.17, 15) is 9.59 Å². The first-order valence-corrected chi connectivity index (χ1v) is 7.30. The number of hydrogen-bond donors (Lipinski definition) is 2. The highest BCUT2D eigenvalue weighted by Gasteiger charge is 2.25. The Kier molecular flexibility index (Phi) is 4.78. The fraction of sp³-hybridized carbons (Fsp3) is 0.412. The number of aliphatic carboxylic acids is 1. The molecule has 2 atom stereocenters. The highest BCUT2D eigenvalue weighted by molar-refractivity contribution is 5.95. The van der Waals surface area contributed by atoms with E-state index < -0.39 is 5.97 Å². The molecular weight excluding hydrogens is 266 g/mol. The van der Waals surface area contributed by atoms with Crippen LogP contribution in [0.3, 0.4) is 0 Å². The molecule has 0 aromatic heterocycles. The summed E-state index contributed by atoms with van der Waals surface area (Å²) in [5, 5.41) is 11.8. The lowest BCUT2D eigenvalue weighted by atomic mass is 10.0. The minimum atomic E-state index is -0.996. The molecule has 0 heterocycles. The Bertz CT molecular complexity index is 577. The van der Waals surface area contributed by atoms with E-state index >= 15 is 0 Å². The maximum absolute atomic E-state index is 12.3. The standard InChI is InChI=1S/C17H21NO3/c1-11-6-7-14(10-13(11)8-9-16(19)20)17(21)18-15-5-3-4-12(15)2/h6-10,12,15H,3-5H2,1-2H3,(H,18,21)(H,19,20)/b9-8+. The van der Waals surface area contributed by atoms with Crippen LogP contribution in [0.2, 0.25) is 0 Å². The number of carbonyl (C=O) groups excluding carboxylic acids is 1. The topological polar surface area (TPSA) is 66.4 Å². The molecule has 4 heteroatoms. The monoisotopic (exact) mass is 287 g/mol. The van der Waals surface area contributed by atoms with E-state index in [0.717, 1.165) is 36.5 Å². The van der Waals surface area contributed by atoms with Crippen LogP contribution in [0.15, 0.2) is 24.3 Å². The Morgan fingerprint density at radius 3 is 2.71 bits per heavy atom. The third kappa shape index (κ3) is 3.94. The van der Waals surface area contributed by atoms with Crippen molar-refractivity contribution in [1.82, 2.24) is 5.32 Å². The molecule has 1 aliphatic rings. The number of rotatable bonds is 4. The summed E-state index contributed by atoms with van der Waals surface area (Å²) in [5.41, 5.74) is 2.27. The van der Waals surface area contributed by atoms with Gasteiger partial charge in [-0.2, -0.15) is 0 Å². The molecule has 1 aromatic carbocycles. The summed E-state index contributed by atoms with van der Waals surface area (Å²) >= 11 is 0. The van der Waals surface area contributed by atoms with E-state index in [-0.39, 0.29) is 11.9 Å². The van der Waals surface area contributed by atoms with Crippen LogP contribution < -0.4 is 5.32 Å². The molecule has 1 aliphatic carbocycles. The number of carbonyl (C=O) groups is 2. The largest absolute Gasteiger partial charge is 0.478 e. The fourth-order valence-electron chi connectivity index (χ4n) is 2.73. The molecule has 0 spiro atoms. The van der Waals surface area contributed by atoms with Gasteiger partial charge in [-0.15, -0.1) is 0 Å². The normalized spacial score (nSPS) is 21.6. The van der Waals surface area contributed by atoms with Gasteiger partial charge in [-0.1, -0.05) is 19.4 Å². The summed E-state index contributed by atoms with van der Waals surface area (Å²) in [6.07, 6.45) is 5.96. The van der Waals surface area contributed by atoms with Crippen LogP contribution in [-0.2, 0) is 4.79 Å². The lowest BCUT2D eigenvalue weighted by molar-refractivity contribution is -0.131. The first kappa shape index (κ1) is 15.3. The van der Waals surface area contributed by atoms with Crippen molar-refractivity contribution >= 4 is 18.0 Å². The van der Waals surface area contributed by atoms with Gasteiger partial charge in [0.05, 0.1) is 0 Å². The second kappa shape index (κ2) is 6.57. The Morgan fingerprint density at radius 1 is 1.33 bits per heavy atom. The van der Waals surface area contributed by atoms with Crippen molar-refractivity contribution in [3.63, 3.8) is 0 Å². The molecule has 2 N–H and O–H groups in total. The molecule has 0 bridgehead atoms. The van der Waals surface area contributed by atoms with Gasteiger partial charge in [0, 0.05) is 17.7 Å². The van der Waals surface area contributed by atoms with Crippen molar-refractivity contribution < 1.29 is 14.7 Å². The van der Waals surface area contributed by atoms with Gasteiger partial charge in [0.25, 0.3) is 5.91 Å². The molecule has 0 aliphatic heterocycles. The third-order valence-electron chi connectivity index (χ3n) is 4.12. The molecule has 4 nitrogen and oxygen atoms in total. The molecule has 1 aromatic rings. The summed E-state index contributed by atoms with van der Waals surface area (Å²) in [5.74, 6) is -0.562. The van der Waals surface area contributed by atoms with Crippen LogP contribution in [-0.4, -0.2) is 23.0 Å². The van der Waals surface area contributed by atoms with E-state index in [1.54, 1.807) is 12.1 Å². The summed E-state index contributed by atoms with van der Waals surface area (Å²) in [6, 6.07) is 5.61. The van der Waals surface area contributed by atoms with Crippen molar-refractivity contribution in [2.45, 2.75) is 39.2 Å². The molecule has 1 saturated carbocycles. The van der Waals surface area contributed by atoms with Crippen molar-refractivity contribution in [3.8, 4) is 0 Å². The number of benzene rings is 1. The van der Waals surface area contributed by atoms with Gasteiger partial charge in [0.2, 0.25) is 0 Å². The Morgan fingerprint density at radius 2 is 2.10 bits per heavy atom. The zero-order valence-electron chi connectivity index (χ0n) is 12.4. The number of hydrogen-bond acceptors (Lipinski definition) is 2. The average molecular weight is 287 g/mol. The van der Waals surface area contributed by atoms with Crippen LogP contribution in [0.4, 0.5) is 0 Å². The smallest absolute Gasteiger partial charge is 0.328 e. The van der Waals surface area contributed by atoms with Gasteiger partial charge in [-0.05, 0) is 55.0 Å². The predicted molar refractivity (Wildman–Crippen MR) is 82.1 cm³/mol. The third-order valence-corrected chi connectivity index (χ3v) is 4.12. The van der Waals surface area contributed by atoms with Crippen molar-refractivity contribution in [2.24, 2.45) is 5.92 Å². The second-order valence-electron chi connectivity index (χ2n) is 5.73. The minimum absolute atomic E-state index is 0.0845. The molecule has 1 amide bonds. The molecule has 112 valence electrons. The van der Waals surface area contributed by atoms with Crippen molar-refractivity contribution in [3.05, 3.63) is 41.0 Å². The lowest BCUT2D eigenvalue weighted by Gasteiger charge is -2.17. The molecule has 1 fully saturated rings. The predicted octanol–water partition coefficient (Wildman–Crippen LogP) is 3.01. The average Bonchev–Trinajstić information content (AvgIpc) is 2.83. The summed E-state index contributed by atoms with van der Waals surface area (Å²) in [6.45, 7) is 4.05. The van der Waals surface area contributed by atoms with Crippen LogP contribution in [0.5, 0.6) is 0 Å². The minimum Gasteiger partial charge on any atom is -0.478 e. The fourth-order valence-corrected chi connectivity index (χ4v) is 2.73. The van der Waals surface area contributed by atoms with Gasteiger partial charge in [-0.3, -0.25) is 4.79 Å². The van der Waals surface area contributed by atoms with Crippen molar-refractivity contribution in [1.29, 1.82) is 0 Å². The molecule has 2 unspecified atom stereocenters. The molecule has 0 radical (unpaired) electrons. The van der Waals surface area contributed by atoms with E-state index in [2.05, 4.69) is 12.2 Å². The number of aryl methyl sites for hydroxylation is 1. The SMILES string of the molecule is Cc1ccc(C(=O)NC2CCCC2C)cc1/C=C/C(=O)O. The molecule has 21 heavy (non-hydrogen) atoms. The van der Waals surface area contributed by atoms with Crippen LogP contribution in [0.1, 0.15) is 47.7 Å². The Labute approximate surface area is 124 Å². The van der Waals surface area contributed by atoms with E-state index in [4.69, 9.17) is 5.11 Å². The lowest BCUT2D eigenvalue weighted by Crippen LogP contribution is -2.36. The first-order valence-electron chi connectivity index (χ1n) is 7.30. The number of carboxylic acid groups (broad SMARTS) is 1. The Balaban J connectivity index is 2.14. The van der Waals surface area contributed by atoms with E-state index in [1.807, 2.05) is 13.0 Å². The number of nitrogens with one attached hydrogen (secondary N) is 1. The summed E-state index contributed by atoms with van der Waals surface area (Å²) < 4.78 is 0. The zero-order chi connectivity index (χ0) is 15.4. The quantitative estimate of drug-likeness (QED) is 0.837. The number of carboxylic acids is 1. The van der Waals surface area contributed by atoms with Crippen molar-refractivity contribution in [2.75, 3.05) is 0 Å². The molecule has 2 rings (SSSR count). The van der Waals surface area contributed by atoms with Crippen LogP contribution >= 0.6 is 0 Å². The van der Waals surface area contributed by atoms with Crippen LogP contribution in [0.25, 0.3) is 6.08 Å². The maximum atomic E-state index is 12.3. The molecule has 0 saturated heterocycles. The molecular formula is C17H21NO3.